The maximum absolute atomic E-state index is 5.68. The van der Waals surface area contributed by atoms with Gasteiger partial charge in [0.1, 0.15) is 5.69 Å². The first-order chi connectivity index (χ1) is 9.63. The average Bonchev–Trinajstić information content (AvgIpc) is 2.88. The van der Waals surface area contributed by atoms with Gasteiger partial charge in [-0.3, -0.25) is 9.97 Å². The van der Waals surface area contributed by atoms with E-state index in [1.165, 1.54) is 0 Å². The van der Waals surface area contributed by atoms with Crippen molar-refractivity contribution in [3.63, 3.8) is 0 Å². The quantitative estimate of drug-likeness (QED) is 0.714. The molecule has 0 amide bonds. The summed E-state index contributed by atoms with van der Waals surface area (Å²) < 4.78 is 6.84. The van der Waals surface area contributed by atoms with Crippen LogP contribution < -0.4 is 5.73 Å². The van der Waals surface area contributed by atoms with E-state index in [1.54, 1.807) is 24.7 Å². The van der Waals surface area contributed by atoms with Crippen molar-refractivity contribution in [2.45, 2.75) is 0 Å². The SMILES string of the molecule is Nc1cncc(-c2nc(-c3ncc(Br)cc3Br)no2)c1. The molecule has 0 spiro atoms. The van der Waals surface area contributed by atoms with E-state index in [0.29, 0.717) is 28.7 Å². The van der Waals surface area contributed by atoms with Gasteiger partial charge in [-0.1, -0.05) is 5.16 Å². The fourth-order valence-corrected chi connectivity index (χ4v) is 2.76. The standard InChI is InChI=1S/C12H7Br2N5O/c13-7-2-9(14)10(17-4-7)11-18-12(20-19-11)6-1-8(15)5-16-3-6/h1-5H,15H2. The molecule has 0 aliphatic carbocycles. The molecule has 100 valence electrons. The van der Waals surface area contributed by atoms with Crippen LogP contribution in [0.15, 0.2) is 44.2 Å². The largest absolute Gasteiger partial charge is 0.397 e. The summed E-state index contributed by atoms with van der Waals surface area (Å²) in [6, 6.07) is 3.58. The van der Waals surface area contributed by atoms with Crippen LogP contribution in [0.4, 0.5) is 5.69 Å². The molecule has 3 heterocycles. The molecule has 0 aliphatic heterocycles. The Hall–Kier alpha value is -1.80. The molecule has 0 fully saturated rings. The Morgan fingerprint density at radius 2 is 1.95 bits per heavy atom. The summed E-state index contributed by atoms with van der Waals surface area (Å²) in [7, 11) is 0. The molecule has 0 aromatic carbocycles. The molecular weight excluding hydrogens is 390 g/mol. The van der Waals surface area contributed by atoms with Gasteiger partial charge >= 0.3 is 0 Å². The molecule has 20 heavy (non-hydrogen) atoms. The van der Waals surface area contributed by atoms with Crippen LogP contribution in [-0.2, 0) is 0 Å². The molecule has 3 aromatic rings. The fraction of sp³-hybridized carbons (Fsp3) is 0. The van der Waals surface area contributed by atoms with Crippen LogP contribution in [0.25, 0.3) is 23.0 Å². The highest BCUT2D eigenvalue weighted by molar-refractivity contribution is 9.11. The molecule has 3 aromatic heterocycles. The minimum Gasteiger partial charge on any atom is -0.397 e. The highest BCUT2D eigenvalue weighted by Gasteiger charge is 2.14. The minimum atomic E-state index is 0.344. The lowest BCUT2D eigenvalue weighted by Crippen LogP contribution is -1.89. The second-order valence-corrected chi connectivity index (χ2v) is 5.68. The monoisotopic (exact) mass is 395 g/mol. The molecule has 0 unspecified atom stereocenters. The Morgan fingerprint density at radius 1 is 1.10 bits per heavy atom. The number of nitrogens with two attached hydrogens (primary N) is 1. The van der Waals surface area contributed by atoms with Crippen molar-refractivity contribution < 1.29 is 4.52 Å². The summed E-state index contributed by atoms with van der Waals surface area (Å²) in [5.74, 6) is 0.734. The lowest BCUT2D eigenvalue weighted by molar-refractivity contribution is 0.432. The van der Waals surface area contributed by atoms with E-state index in [0.717, 1.165) is 8.95 Å². The number of halogens is 2. The van der Waals surface area contributed by atoms with Crippen molar-refractivity contribution in [1.82, 2.24) is 20.1 Å². The van der Waals surface area contributed by atoms with Gasteiger partial charge in [0, 0.05) is 27.5 Å². The normalized spacial score (nSPS) is 10.7. The van der Waals surface area contributed by atoms with Crippen molar-refractivity contribution in [2.24, 2.45) is 0 Å². The molecule has 0 radical (unpaired) electrons. The second-order valence-electron chi connectivity index (χ2n) is 3.91. The fourth-order valence-electron chi connectivity index (χ4n) is 1.59. The topological polar surface area (TPSA) is 90.7 Å². The number of hydrogen-bond acceptors (Lipinski definition) is 6. The summed E-state index contributed by atoms with van der Waals surface area (Å²) in [6.45, 7) is 0. The third-order valence-corrected chi connectivity index (χ3v) is 3.49. The van der Waals surface area contributed by atoms with Crippen molar-refractivity contribution in [2.75, 3.05) is 5.73 Å². The van der Waals surface area contributed by atoms with Gasteiger partial charge in [0.25, 0.3) is 5.89 Å². The van der Waals surface area contributed by atoms with Crippen LogP contribution in [0, 0.1) is 0 Å². The Morgan fingerprint density at radius 3 is 2.70 bits per heavy atom. The molecule has 0 aliphatic rings. The van der Waals surface area contributed by atoms with Crippen LogP contribution >= 0.6 is 31.9 Å². The number of nitrogen functional groups attached to an aromatic ring is 1. The molecule has 6 nitrogen and oxygen atoms in total. The Labute approximate surface area is 130 Å². The van der Waals surface area contributed by atoms with Crippen molar-refractivity contribution in [1.29, 1.82) is 0 Å². The predicted octanol–water partition coefficient (Wildman–Crippen LogP) is 3.30. The van der Waals surface area contributed by atoms with Crippen LogP contribution in [-0.4, -0.2) is 20.1 Å². The number of rotatable bonds is 2. The van der Waals surface area contributed by atoms with E-state index in [4.69, 9.17) is 10.3 Å². The third-order valence-electron chi connectivity index (χ3n) is 2.45. The lowest BCUT2D eigenvalue weighted by atomic mass is 10.2. The molecular formula is C12H7Br2N5O. The third kappa shape index (κ3) is 2.56. The summed E-state index contributed by atoms with van der Waals surface area (Å²) >= 11 is 6.75. The maximum Gasteiger partial charge on any atom is 0.259 e. The van der Waals surface area contributed by atoms with Gasteiger partial charge in [-0.25, -0.2) is 0 Å². The zero-order valence-electron chi connectivity index (χ0n) is 9.92. The Bertz CT molecular complexity index is 774. The summed E-state index contributed by atoms with van der Waals surface area (Å²) in [5, 5.41) is 3.92. The number of aromatic nitrogens is 4. The second kappa shape index (κ2) is 5.29. The maximum atomic E-state index is 5.68. The summed E-state index contributed by atoms with van der Waals surface area (Å²) in [5.41, 5.74) is 7.47. The number of hydrogen-bond donors (Lipinski definition) is 1. The first kappa shape index (κ1) is 13.2. The van der Waals surface area contributed by atoms with Crippen molar-refractivity contribution >= 4 is 37.5 Å². The number of nitrogens with zero attached hydrogens (tertiary/aromatic N) is 4. The highest BCUT2D eigenvalue weighted by Crippen LogP contribution is 2.28. The van der Waals surface area contributed by atoms with E-state index >= 15 is 0 Å². The van der Waals surface area contributed by atoms with Gasteiger partial charge < -0.3 is 10.3 Å². The zero-order valence-corrected chi connectivity index (χ0v) is 13.1. The molecule has 3 rings (SSSR count). The smallest absolute Gasteiger partial charge is 0.259 e. The van der Waals surface area contributed by atoms with Gasteiger partial charge in [-0.15, -0.1) is 0 Å². The van der Waals surface area contributed by atoms with Gasteiger partial charge in [-0.05, 0) is 44.0 Å². The first-order valence-corrected chi connectivity index (χ1v) is 7.08. The van der Waals surface area contributed by atoms with Crippen molar-refractivity contribution in [3.8, 4) is 23.0 Å². The van der Waals surface area contributed by atoms with Gasteiger partial charge in [0.05, 0.1) is 11.3 Å². The van der Waals surface area contributed by atoms with E-state index < -0.39 is 0 Å². The van der Waals surface area contributed by atoms with Gasteiger partial charge in [-0.2, -0.15) is 4.98 Å². The van der Waals surface area contributed by atoms with Crippen LogP contribution in [0.1, 0.15) is 0 Å². The average molecular weight is 397 g/mol. The van der Waals surface area contributed by atoms with Crippen LogP contribution in [0.2, 0.25) is 0 Å². The van der Waals surface area contributed by atoms with E-state index in [1.807, 2.05) is 6.07 Å². The molecule has 0 atom stereocenters. The minimum absolute atomic E-state index is 0.344. The molecule has 0 saturated heterocycles. The molecule has 2 N–H and O–H groups in total. The van der Waals surface area contributed by atoms with Crippen LogP contribution in [0.5, 0.6) is 0 Å². The highest BCUT2D eigenvalue weighted by atomic mass is 79.9. The van der Waals surface area contributed by atoms with Gasteiger partial charge in [0.2, 0.25) is 5.82 Å². The van der Waals surface area contributed by atoms with Gasteiger partial charge in [0.15, 0.2) is 0 Å². The predicted molar refractivity (Wildman–Crippen MR) is 80.6 cm³/mol. The number of pyridine rings is 2. The molecule has 0 saturated carbocycles. The Kier molecular flexibility index (Phi) is 3.49. The van der Waals surface area contributed by atoms with E-state index in [9.17, 15) is 0 Å². The number of anilines is 1. The van der Waals surface area contributed by atoms with Crippen molar-refractivity contribution in [3.05, 3.63) is 39.7 Å². The Balaban J connectivity index is 2.02. The molecule has 0 bridgehead atoms. The summed E-state index contributed by atoms with van der Waals surface area (Å²) in [4.78, 5) is 12.5. The lowest BCUT2D eigenvalue weighted by Gasteiger charge is -1.98. The first-order valence-electron chi connectivity index (χ1n) is 5.49. The summed E-state index contributed by atoms with van der Waals surface area (Å²) in [6.07, 6.45) is 4.82. The zero-order chi connectivity index (χ0) is 14.1. The van der Waals surface area contributed by atoms with Crippen LogP contribution in [0.3, 0.4) is 0 Å². The van der Waals surface area contributed by atoms with E-state index in [2.05, 4.69) is 52.0 Å². The molecule has 8 heteroatoms. The van der Waals surface area contributed by atoms with E-state index in [-0.39, 0.29) is 0 Å².